The molecule has 0 aromatic carbocycles. The molecular formula is C27H54N2O2. The summed E-state index contributed by atoms with van der Waals surface area (Å²) >= 11 is 0. The number of hydrogen-bond donors (Lipinski definition) is 0. The SMILES string of the molecule is CCCCCCCCN(C)C(=O)CCCCCCCC(=O)N(C)CCCCCCCC. The number of rotatable bonds is 22. The lowest BCUT2D eigenvalue weighted by Gasteiger charge is -2.17. The second-order valence-electron chi connectivity index (χ2n) is 9.43. The number of hydrogen-bond acceptors (Lipinski definition) is 2. The number of amides is 2. The second kappa shape index (κ2) is 22.1. The van der Waals surface area contributed by atoms with Crippen LogP contribution in [0.3, 0.4) is 0 Å². The Morgan fingerprint density at radius 1 is 0.452 bits per heavy atom. The summed E-state index contributed by atoms with van der Waals surface area (Å²) in [6.45, 7) is 6.28. The van der Waals surface area contributed by atoms with E-state index in [4.69, 9.17) is 0 Å². The van der Waals surface area contributed by atoms with Crippen molar-refractivity contribution in [2.75, 3.05) is 27.2 Å². The third-order valence-electron chi connectivity index (χ3n) is 6.33. The van der Waals surface area contributed by atoms with Crippen molar-refractivity contribution in [3.05, 3.63) is 0 Å². The molecule has 0 unspecified atom stereocenters. The number of carbonyl (C=O) groups is 2. The standard InChI is InChI=1S/C27H54N2O2/c1-5-7-9-11-16-20-24-28(3)26(30)22-18-14-13-15-19-23-27(31)29(4)25-21-17-12-10-8-6-2/h5-25H2,1-4H3. The van der Waals surface area contributed by atoms with Crippen LogP contribution in [0.1, 0.15) is 136 Å². The molecule has 0 aliphatic heterocycles. The van der Waals surface area contributed by atoms with Crippen LogP contribution in [0.15, 0.2) is 0 Å². The molecule has 0 saturated carbocycles. The van der Waals surface area contributed by atoms with Gasteiger partial charge in [-0.1, -0.05) is 97.3 Å². The zero-order valence-electron chi connectivity index (χ0n) is 21.6. The van der Waals surface area contributed by atoms with Gasteiger partial charge in [0.25, 0.3) is 0 Å². The van der Waals surface area contributed by atoms with E-state index in [1.165, 1.54) is 64.2 Å². The van der Waals surface area contributed by atoms with Crippen molar-refractivity contribution in [3.8, 4) is 0 Å². The highest BCUT2D eigenvalue weighted by Crippen LogP contribution is 2.11. The summed E-state index contributed by atoms with van der Waals surface area (Å²) in [6.07, 6.45) is 21.9. The van der Waals surface area contributed by atoms with Crippen molar-refractivity contribution in [3.63, 3.8) is 0 Å². The molecule has 0 fully saturated rings. The van der Waals surface area contributed by atoms with Crippen molar-refractivity contribution in [1.29, 1.82) is 0 Å². The van der Waals surface area contributed by atoms with Gasteiger partial charge in [0.1, 0.15) is 0 Å². The molecule has 0 rings (SSSR count). The highest BCUT2D eigenvalue weighted by Gasteiger charge is 2.09. The van der Waals surface area contributed by atoms with Gasteiger partial charge in [-0.2, -0.15) is 0 Å². The van der Waals surface area contributed by atoms with Crippen LogP contribution in [0.5, 0.6) is 0 Å². The Balaban J connectivity index is 3.53. The largest absolute Gasteiger partial charge is 0.346 e. The fraction of sp³-hybridized carbons (Fsp3) is 0.926. The van der Waals surface area contributed by atoms with Crippen LogP contribution in [0.2, 0.25) is 0 Å². The molecule has 0 N–H and O–H groups in total. The van der Waals surface area contributed by atoms with E-state index in [0.29, 0.717) is 24.7 Å². The first-order valence-electron chi connectivity index (χ1n) is 13.5. The van der Waals surface area contributed by atoms with Gasteiger partial charge < -0.3 is 9.80 Å². The fourth-order valence-electron chi connectivity index (χ4n) is 3.97. The summed E-state index contributed by atoms with van der Waals surface area (Å²) in [5, 5.41) is 0. The van der Waals surface area contributed by atoms with Gasteiger partial charge in [-0.05, 0) is 25.7 Å². The Morgan fingerprint density at radius 3 is 1.10 bits per heavy atom. The molecule has 0 bridgehead atoms. The summed E-state index contributed by atoms with van der Waals surface area (Å²) in [5.41, 5.74) is 0. The molecule has 184 valence electrons. The quantitative estimate of drug-likeness (QED) is 0.166. The molecule has 0 aromatic heterocycles. The van der Waals surface area contributed by atoms with Crippen molar-refractivity contribution >= 4 is 11.8 Å². The average Bonchev–Trinajstić information content (AvgIpc) is 2.77. The predicted molar refractivity (Wildman–Crippen MR) is 134 cm³/mol. The number of carbonyl (C=O) groups excluding carboxylic acids is 2. The molecular weight excluding hydrogens is 384 g/mol. The maximum Gasteiger partial charge on any atom is 0.222 e. The Bertz CT molecular complexity index is 387. The highest BCUT2D eigenvalue weighted by molar-refractivity contribution is 5.76. The fourth-order valence-corrected chi connectivity index (χ4v) is 3.97. The lowest BCUT2D eigenvalue weighted by atomic mass is 10.1. The maximum absolute atomic E-state index is 12.2. The lowest BCUT2D eigenvalue weighted by molar-refractivity contribution is -0.130. The molecule has 0 aliphatic carbocycles. The van der Waals surface area contributed by atoms with Gasteiger partial charge in [0, 0.05) is 40.0 Å². The number of unbranched alkanes of at least 4 members (excludes halogenated alkanes) is 14. The van der Waals surface area contributed by atoms with Crippen LogP contribution in [0, 0.1) is 0 Å². The topological polar surface area (TPSA) is 40.6 Å². The third kappa shape index (κ3) is 19.4. The molecule has 0 aromatic rings. The molecule has 0 spiro atoms. The Labute approximate surface area is 194 Å². The van der Waals surface area contributed by atoms with Crippen LogP contribution >= 0.6 is 0 Å². The first-order valence-corrected chi connectivity index (χ1v) is 13.5. The molecule has 31 heavy (non-hydrogen) atoms. The maximum atomic E-state index is 12.2. The molecule has 0 atom stereocenters. The first kappa shape index (κ1) is 29.9. The van der Waals surface area contributed by atoms with Crippen LogP contribution in [-0.4, -0.2) is 48.8 Å². The van der Waals surface area contributed by atoms with Gasteiger partial charge in [-0.3, -0.25) is 9.59 Å². The van der Waals surface area contributed by atoms with Crippen LogP contribution in [-0.2, 0) is 9.59 Å². The zero-order valence-corrected chi connectivity index (χ0v) is 21.6. The van der Waals surface area contributed by atoms with E-state index in [1.807, 2.05) is 23.9 Å². The van der Waals surface area contributed by atoms with Gasteiger partial charge in [0.15, 0.2) is 0 Å². The molecule has 4 nitrogen and oxygen atoms in total. The normalized spacial score (nSPS) is 11.0. The highest BCUT2D eigenvalue weighted by atomic mass is 16.2. The minimum absolute atomic E-state index is 0.292. The van der Waals surface area contributed by atoms with Crippen molar-refractivity contribution in [1.82, 2.24) is 9.80 Å². The summed E-state index contributed by atoms with van der Waals surface area (Å²) < 4.78 is 0. The van der Waals surface area contributed by atoms with E-state index in [2.05, 4.69) is 13.8 Å². The van der Waals surface area contributed by atoms with Gasteiger partial charge in [0.2, 0.25) is 11.8 Å². The van der Waals surface area contributed by atoms with Crippen molar-refractivity contribution in [2.45, 2.75) is 136 Å². The zero-order chi connectivity index (χ0) is 23.2. The first-order chi connectivity index (χ1) is 15.0. The van der Waals surface area contributed by atoms with Crippen LogP contribution < -0.4 is 0 Å². The molecule has 0 saturated heterocycles. The molecule has 0 heterocycles. The third-order valence-corrected chi connectivity index (χ3v) is 6.33. The van der Waals surface area contributed by atoms with Crippen LogP contribution in [0.25, 0.3) is 0 Å². The average molecular weight is 439 g/mol. The Hall–Kier alpha value is -1.06. The van der Waals surface area contributed by atoms with Gasteiger partial charge in [-0.25, -0.2) is 0 Å². The summed E-state index contributed by atoms with van der Waals surface area (Å²) in [6, 6.07) is 0. The minimum Gasteiger partial charge on any atom is -0.346 e. The van der Waals surface area contributed by atoms with E-state index in [1.54, 1.807) is 0 Å². The lowest BCUT2D eigenvalue weighted by Crippen LogP contribution is -2.27. The summed E-state index contributed by atoms with van der Waals surface area (Å²) in [5.74, 6) is 0.583. The summed E-state index contributed by atoms with van der Waals surface area (Å²) in [7, 11) is 3.89. The molecule has 0 aliphatic rings. The van der Waals surface area contributed by atoms with E-state index >= 15 is 0 Å². The van der Waals surface area contributed by atoms with Gasteiger partial charge in [0.05, 0.1) is 0 Å². The van der Waals surface area contributed by atoms with Crippen molar-refractivity contribution in [2.24, 2.45) is 0 Å². The monoisotopic (exact) mass is 438 g/mol. The van der Waals surface area contributed by atoms with E-state index < -0.39 is 0 Å². The van der Waals surface area contributed by atoms with Crippen LogP contribution in [0.4, 0.5) is 0 Å². The van der Waals surface area contributed by atoms with Gasteiger partial charge in [-0.15, -0.1) is 0 Å². The predicted octanol–water partition coefficient (Wildman–Crippen LogP) is 7.35. The van der Waals surface area contributed by atoms with E-state index in [-0.39, 0.29) is 0 Å². The molecule has 0 radical (unpaired) electrons. The van der Waals surface area contributed by atoms with E-state index in [9.17, 15) is 9.59 Å². The van der Waals surface area contributed by atoms with Crippen molar-refractivity contribution < 1.29 is 9.59 Å². The molecule has 2 amide bonds. The van der Waals surface area contributed by atoms with Gasteiger partial charge >= 0.3 is 0 Å². The Kier molecular flexibility index (Phi) is 21.4. The van der Waals surface area contributed by atoms with E-state index in [0.717, 1.165) is 58.0 Å². The number of nitrogens with zero attached hydrogens (tertiary/aromatic N) is 2. The minimum atomic E-state index is 0.292. The smallest absolute Gasteiger partial charge is 0.222 e. The molecule has 4 heteroatoms. The Morgan fingerprint density at radius 2 is 0.742 bits per heavy atom. The summed E-state index contributed by atoms with van der Waals surface area (Å²) in [4.78, 5) is 28.2. The second-order valence-corrected chi connectivity index (χ2v) is 9.43.